The molecule has 0 radical (unpaired) electrons. The highest BCUT2D eigenvalue weighted by molar-refractivity contribution is 5.92. The van der Waals surface area contributed by atoms with Gasteiger partial charge in [-0.15, -0.1) is 0 Å². The monoisotopic (exact) mass is 336 g/mol. The molecule has 2 aromatic carbocycles. The average Bonchev–Trinajstić information content (AvgIpc) is 2.63. The number of carbonyl (C=O) groups excluding carboxylic acids is 1. The number of piperidine rings is 1. The van der Waals surface area contributed by atoms with Crippen molar-refractivity contribution < 1.29 is 4.79 Å². The van der Waals surface area contributed by atoms with Gasteiger partial charge in [-0.2, -0.15) is 0 Å². The fourth-order valence-electron chi connectivity index (χ4n) is 3.68. The van der Waals surface area contributed by atoms with Gasteiger partial charge < -0.3 is 9.80 Å². The van der Waals surface area contributed by atoms with Crippen molar-refractivity contribution in [2.45, 2.75) is 39.2 Å². The molecule has 0 N–H and O–H groups in total. The van der Waals surface area contributed by atoms with Gasteiger partial charge in [-0.1, -0.05) is 48.0 Å². The molecule has 0 saturated carbocycles. The van der Waals surface area contributed by atoms with Crippen molar-refractivity contribution in [2.75, 3.05) is 24.5 Å². The van der Waals surface area contributed by atoms with Crippen LogP contribution in [0, 0.1) is 6.92 Å². The second kappa shape index (κ2) is 8.30. The Morgan fingerprint density at radius 2 is 1.68 bits per heavy atom. The molecule has 3 rings (SSSR count). The minimum atomic E-state index is 0.143. The summed E-state index contributed by atoms with van der Waals surface area (Å²) in [6, 6.07) is 19.2. The van der Waals surface area contributed by atoms with Crippen molar-refractivity contribution in [3.05, 3.63) is 65.7 Å². The van der Waals surface area contributed by atoms with Gasteiger partial charge in [-0.3, -0.25) is 4.79 Å². The standard InChI is InChI=1S/C22H28N2O/c1-18-8-10-20(11-9-18)12-15-23-16-13-22(14-17-23)24(19(2)25)21-6-4-3-5-7-21/h3-11,22H,12-17H2,1-2H3. The van der Waals surface area contributed by atoms with Gasteiger partial charge in [0.05, 0.1) is 0 Å². The van der Waals surface area contributed by atoms with Crippen molar-refractivity contribution in [3.63, 3.8) is 0 Å². The zero-order chi connectivity index (χ0) is 17.6. The van der Waals surface area contributed by atoms with E-state index in [1.807, 2.05) is 35.2 Å². The lowest BCUT2D eigenvalue weighted by Crippen LogP contribution is -2.47. The highest BCUT2D eigenvalue weighted by atomic mass is 16.2. The van der Waals surface area contributed by atoms with Crippen LogP contribution in [0.3, 0.4) is 0 Å². The van der Waals surface area contributed by atoms with Crippen LogP contribution in [0.4, 0.5) is 5.69 Å². The van der Waals surface area contributed by atoms with Gasteiger partial charge in [0.25, 0.3) is 0 Å². The lowest BCUT2D eigenvalue weighted by molar-refractivity contribution is -0.117. The summed E-state index contributed by atoms with van der Waals surface area (Å²) in [5, 5.41) is 0. The van der Waals surface area contributed by atoms with Crippen LogP contribution in [-0.2, 0) is 11.2 Å². The Hall–Kier alpha value is -2.13. The fraction of sp³-hybridized carbons (Fsp3) is 0.409. The van der Waals surface area contributed by atoms with E-state index in [0.717, 1.165) is 44.6 Å². The predicted octanol–water partition coefficient (Wildman–Crippen LogP) is 4.06. The van der Waals surface area contributed by atoms with Gasteiger partial charge >= 0.3 is 0 Å². The van der Waals surface area contributed by atoms with Gasteiger partial charge in [-0.05, 0) is 43.9 Å². The second-order valence-corrected chi connectivity index (χ2v) is 7.03. The van der Waals surface area contributed by atoms with E-state index in [1.54, 1.807) is 6.92 Å². The summed E-state index contributed by atoms with van der Waals surface area (Å²) in [7, 11) is 0. The molecule has 1 aliphatic heterocycles. The van der Waals surface area contributed by atoms with Crippen molar-refractivity contribution >= 4 is 11.6 Å². The molecule has 1 saturated heterocycles. The summed E-state index contributed by atoms with van der Waals surface area (Å²) in [5.41, 5.74) is 3.74. The molecule has 132 valence electrons. The Morgan fingerprint density at radius 3 is 2.28 bits per heavy atom. The highest BCUT2D eigenvalue weighted by Gasteiger charge is 2.27. The first-order valence-corrected chi connectivity index (χ1v) is 9.26. The Bertz CT molecular complexity index is 673. The quantitative estimate of drug-likeness (QED) is 0.822. The normalized spacial score (nSPS) is 15.9. The molecule has 25 heavy (non-hydrogen) atoms. The SMILES string of the molecule is CC(=O)N(c1ccccc1)C1CCN(CCc2ccc(C)cc2)CC1. The van der Waals surface area contributed by atoms with Crippen LogP contribution in [0.5, 0.6) is 0 Å². The van der Waals surface area contributed by atoms with E-state index in [0.29, 0.717) is 6.04 Å². The number of hydrogen-bond donors (Lipinski definition) is 0. The van der Waals surface area contributed by atoms with Gasteiger partial charge in [0.1, 0.15) is 0 Å². The molecule has 1 heterocycles. The van der Waals surface area contributed by atoms with E-state index in [-0.39, 0.29) is 5.91 Å². The Kier molecular flexibility index (Phi) is 5.87. The molecule has 1 amide bonds. The van der Waals surface area contributed by atoms with E-state index in [2.05, 4.69) is 36.1 Å². The molecule has 0 bridgehead atoms. The van der Waals surface area contributed by atoms with E-state index in [4.69, 9.17) is 0 Å². The van der Waals surface area contributed by atoms with E-state index in [1.165, 1.54) is 11.1 Å². The number of para-hydroxylation sites is 1. The van der Waals surface area contributed by atoms with Crippen LogP contribution < -0.4 is 4.90 Å². The molecule has 1 fully saturated rings. The van der Waals surface area contributed by atoms with Crippen LogP contribution in [0.2, 0.25) is 0 Å². The third kappa shape index (κ3) is 4.70. The van der Waals surface area contributed by atoms with Crippen molar-refractivity contribution in [2.24, 2.45) is 0 Å². The molecule has 0 atom stereocenters. The molecule has 0 spiro atoms. The number of carbonyl (C=O) groups is 1. The van der Waals surface area contributed by atoms with Gasteiger partial charge in [0, 0.05) is 38.3 Å². The minimum Gasteiger partial charge on any atom is -0.310 e. The summed E-state index contributed by atoms with van der Waals surface area (Å²) < 4.78 is 0. The first-order chi connectivity index (χ1) is 12.1. The third-order valence-electron chi connectivity index (χ3n) is 5.13. The smallest absolute Gasteiger partial charge is 0.224 e. The molecular formula is C22H28N2O. The fourth-order valence-corrected chi connectivity index (χ4v) is 3.68. The topological polar surface area (TPSA) is 23.6 Å². The van der Waals surface area contributed by atoms with E-state index in [9.17, 15) is 4.79 Å². The maximum absolute atomic E-state index is 12.2. The largest absolute Gasteiger partial charge is 0.310 e. The zero-order valence-corrected chi connectivity index (χ0v) is 15.3. The van der Waals surface area contributed by atoms with Crippen LogP contribution in [0.15, 0.2) is 54.6 Å². The van der Waals surface area contributed by atoms with Crippen LogP contribution >= 0.6 is 0 Å². The molecule has 2 aromatic rings. The number of nitrogens with zero attached hydrogens (tertiary/aromatic N) is 2. The zero-order valence-electron chi connectivity index (χ0n) is 15.3. The highest BCUT2D eigenvalue weighted by Crippen LogP contribution is 2.24. The maximum Gasteiger partial charge on any atom is 0.224 e. The lowest BCUT2D eigenvalue weighted by atomic mass is 10.0. The first kappa shape index (κ1) is 17.7. The van der Waals surface area contributed by atoms with E-state index >= 15 is 0 Å². The number of likely N-dealkylation sites (tertiary alicyclic amines) is 1. The maximum atomic E-state index is 12.2. The molecule has 3 nitrogen and oxygen atoms in total. The number of benzene rings is 2. The molecule has 3 heteroatoms. The Labute approximate surface area is 151 Å². The van der Waals surface area contributed by atoms with Gasteiger partial charge in [0.2, 0.25) is 5.91 Å². The van der Waals surface area contributed by atoms with E-state index < -0.39 is 0 Å². The number of anilines is 1. The molecule has 0 unspecified atom stereocenters. The number of rotatable bonds is 5. The summed E-state index contributed by atoms with van der Waals surface area (Å²) in [4.78, 5) is 16.7. The Balaban J connectivity index is 1.53. The van der Waals surface area contributed by atoms with Crippen LogP contribution in [-0.4, -0.2) is 36.5 Å². The molecule has 1 aliphatic rings. The van der Waals surface area contributed by atoms with Crippen molar-refractivity contribution in [1.82, 2.24) is 4.90 Å². The number of aryl methyl sites for hydroxylation is 1. The minimum absolute atomic E-state index is 0.143. The van der Waals surface area contributed by atoms with Crippen LogP contribution in [0.25, 0.3) is 0 Å². The van der Waals surface area contributed by atoms with Gasteiger partial charge in [0.15, 0.2) is 0 Å². The average molecular weight is 336 g/mol. The molecule has 0 aromatic heterocycles. The van der Waals surface area contributed by atoms with Crippen LogP contribution in [0.1, 0.15) is 30.9 Å². The second-order valence-electron chi connectivity index (χ2n) is 7.03. The van der Waals surface area contributed by atoms with Crippen molar-refractivity contribution in [3.8, 4) is 0 Å². The predicted molar refractivity (Wildman–Crippen MR) is 104 cm³/mol. The number of amides is 1. The third-order valence-corrected chi connectivity index (χ3v) is 5.13. The molecular weight excluding hydrogens is 308 g/mol. The van der Waals surface area contributed by atoms with Crippen molar-refractivity contribution in [1.29, 1.82) is 0 Å². The summed E-state index contributed by atoms with van der Waals surface area (Å²) in [6.45, 7) is 7.03. The summed E-state index contributed by atoms with van der Waals surface area (Å²) >= 11 is 0. The number of hydrogen-bond acceptors (Lipinski definition) is 2. The van der Waals surface area contributed by atoms with Gasteiger partial charge in [-0.25, -0.2) is 0 Å². The Morgan fingerprint density at radius 1 is 1.04 bits per heavy atom. The lowest BCUT2D eigenvalue weighted by Gasteiger charge is -2.38. The molecule has 0 aliphatic carbocycles. The first-order valence-electron chi connectivity index (χ1n) is 9.26. The summed E-state index contributed by atoms with van der Waals surface area (Å²) in [5.74, 6) is 0.143. The summed E-state index contributed by atoms with van der Waals surface area (Å²) in [6.07, 6.45) is 3.19.